The number of aromatic nitrogens is 1. The summed E-state index contributed by atoms with van der Waals surface area (Å²) in [7, 11) is 0. The number of hydrogen-bond acceptors (Lipinski definition) is 2. The summed E-state index contributed by atoms with van der Waals surface area (Å²) in [5.41, 5.74) is 1.30. The van der Waals surface area contributed by atoms with Crippen LogP contribution in [0.25, 0.3) is 0 Å². The molecule has 0 spiro atoms. The van der Waals surface area contributed by atoms with Crippen molar-refractivity contribution in [1.29, 1.82) is 0 Å². The normalized spacial score (nSPS) is 19.6. The van der Waals surface area contributed by atoms with Crippen molar-refractivity contribution in [3.63, 3.8) is 0 Å². The Kier molecular flexibility index (Phi) is 6.45. The third kappa shape index (κ3) is 3.28. The minimum atomic E-state index is 0. The SMILES string of the molecule is Cl.Cl.Clc1ccc(C2CCNC2)cn1. The maximum absolute atomic E-state index is 5.69. The molecule has 80 valence electrons. The molecule has 0 saturated carbocycles. The van der Waals surface area contributed by atoms with E-state index in [1.165, 1.54) is 12.0 Å². The molecule has 1 unspecified atom stereocenters. The van der Waals surface area contributed by atoms with E-state index >= 15 is 0 Å². The van der Waals surface area contributed by atoms with Gasteiger partial charge in [0.2, 0.25) is 0 Å². The maximum atomic E-state index is 5.69. The predicted octanol–water partition coefficient (Wildman–Crippen LogP) is 2.66. The first kappa shape index (κ1) is 14.0. The molecular weight excluding hydrogens is 242 g/mol. The third-order valence-corrected chi connectivity index (χ3v) is 2.51. The maximum Gasteiger partial charge on any atom is 0.129 e. The van der Waals surface area contributed by atoms with Gasteiger partial charge in [0, 0.05) is 12.7 Å². The molecule has 14 heavy (non-hydrogen) atoms. The monoisotopic (exact) mass is 254 g/mol. The van der Waals surface area contributed by atoms with Gasteiger partial charge in [0.05, 0.1) is 0 Å². The van der Waals surface area contributed by atoms with Crippen molar-refractivity contribution >= 4 is 36.4 Å². The van der Waals surface area contributed by atoms with Crippen molar-refractivity contribution in [2.24, 2.45) is 0 Å². The fourth-order valence-corrected chi connectivity index (χ4v) is 1.68. The molecule has 2 heterocycles. The van der Waals surface area contributed by atoms with Crippen molar-refractivity contribution in [2.75, 3.05) is 13.1 Å². The molecule has 5 heteroatoms. The Morgan fingerprint density at radius 2 is 2.14 bits per heavy atom. The summed E-state index contributed by atoms with van der Waals surface area (Å²) < 4.78 is 0. The molecule has 1 fully saturated rings. The first-order valence-corrected chi connectivity index (χ1v) is 4.56. The van der Waals surface area contributed by atoms with Crippen LogP contribution in [0, 0.1) is 0 Å². The Morgan fingerprint density at radius 1 is 1.36 bits per heavy atom. The fraction of sp³-hybridized carbons (Fsp3) is 0.444. The van der Waals surface area contributed by atoms with E-state index in [-0.39, 0.29) is 24.8 Å². The van der Waals surface area contributed by atoms with Gasteiger partial charge in [-0.05, 0) is 30.5 Å². The summed E-state index contributed by atoms with van der Waals surface area (Å²) >= 11 is 5.69. The Balaban J connectivity index is 0.000000845. The smallest absolute Gasteiger partial charge is 0.129 e. The van der Waals surface area contributed by atoms with Gasteiger partial charge in [-0.3, -0.25) is 0 Å². The van der Waals surface area contributed by atoms with E-state index in [1.54, 1.807) is 0 Å². The van der Waals surface area contributed by atoms with Gasteiger partial charge in [-0.15, -0.1) is 24.8 Å². The van der Waals surface area contributed by atoms with Gasteiger partial charge < -0.3 is 5.32 Å². The van der Waals surface area contributed by atoms with Crippen LogP contribution in [-0.4, -0.2) is 18.1 Å². The molecule has 1 N–H and O–H groups in total. The number of pyridine rings is 1. The highest BCUT2D eigenvalue weighted by molar-refractivity contribution is 6.29. The lowest BCUT2D eigenvalue weighted by Crippen LogP contribution is -2.07. The Hall–Kier alpha value is -0.0200. The van der Waals surface area contributed by atoms with Crippen LogP contribution in [0.5, 0.6) is 0 Å². The van der Waals surface area contributed by atoms with Gasteiger partial charge in [-0.25, -0.2) is 4.98 Å². The second kappa shape index (κ2) is 6.46. The van der Waals surface area contributed by atoms with E-state index in [0.717, 1.165) is 13.1 Å². The van der Waals surface area contributed by atoms with Gasteiger partial charge in [-0.1, -0.05) is 17.7 Å². The van der Waals surface area contributed by atoms with Crippen LogP contribution in [0.15, 0.2) is 18.3 Å². The molecule has 0 bridgehead atoms. The first-order chi connectivity index (χ1) is 5.86. The van der Waals surface area contributed by atoms with E-state index in [4.69, 9.17) is 11.6 Å². The molecular formula is C9H13Cl3N2. The van der Waals surface area contributed by atoms with Crippen molar-refractivity contribution in [2.45, 2.75) is 12.3 Å². The van der Waals surface area contributed by atoms with E-state index in [9.17, 15) is 0 Å². The zero-order chi connectivity index (χ0) is 8.39. The molecule has 0 radical (unpaired) electrons. The molecule has 1 aromatic heterocycles. The summed E-state index contributed by atoms with van der Waals surface area (Å²) in [6, 6.07) is 3.92. The molecule has 1 atom stereocenters. The molecule has 2 rings (SSSR count). The summed E-state index contributed by atoms with van der Waals surface area (Å²) in [6.07, 6.45) is 3.09. The van der Waals surface area contributed by atoms with Crippen LogP contribution in [0.4, 0.5) is 0 Å². The fourth-order valence-electron chi connectivity index (χ4n) is 1.57. The lowest BCUT2D eigenvalue weighted by Gasteiger charge is -2.06. The van der Waals surface area contributed by atoms with E-state index in [0.29, 0.717) is 11.1 Å². The summed E-state index contributed by atoms with van der Waals surface area (Å²) in [5, 5.41) is 3.90. The number of halogens is 3. The van der Waals surface area contributed by atoms with Crippen molar-refractivity contribution in [3.8, 4) is 0 Å². The average Bonchev–Trinajstić information content (AvgIpc) is 2.58. The lowest BCUT2D eigenvalue weighted by atomic mass is 10.0. The number of hydrogen-bond donors (Lipinski definition) is 1. The predicted molar refractivity (Wildman–Crippen MR) is 64.0 cm³/mol. The van der Waals surface area contributed by atoms with E-state index in [1.807, 2.05) is 12.3 Å². The van der Waals surface area contributed by atoms with Crippen molar-refractivity contribution in [3.05, 3.63) is 29.0 Å². The number of nitrogens with zero attached hydrogens (tertiary/aromatic N) is 1. The van der Waals surface area contributed by atoms with Gasteiger partial charge in [0.15, 0.2) is 0 Å². The Morgan fingerprint density at radius 3 is 2.64 bits per heavy atom. The lowest BCUT2D eigenvalue weighted by molar-refractivity contribution is 0.759. The van der Waals surface area contributed by atoms with Crippen molar-refractivity contribution < 1.29 is 0 Å². The minimum Gasteiger partial charge on any atom is -0.316 e. The largest absolute Gasteiger partial charge is 0.316 e. The minimum absolute atomic E-state index is 0. The summed E-state index contributed by atoms with van der Waals surface area (Å²) in [6.45, 7) is 2.19. The number of nitrogens with one attached hydrogen (secondary N) is 1. The highest BCUT2D eigenvalue weighted by Crippen LogP contribution is 2.21. The quantitative estimate of drug-likeness (QED) is 0.781. The van der Waals surface area contributed by atoms with Gasteiger partial charge in [0.25, 0.3) is 0 Å². The van der Waals surface area contributed by atoms with E-state index in [2.05, 4.69) is 16.4 Å². The summed E-state index contributed by atoms with van der Waals surface area (Å²) in [4.78, 5) is 4.06. The highest BCUT2D eigenvalue weighted by atomic mass is 35.5. The van der Waals surface area contributed by atoms with Gasteiger partial charge in [0.1, 0.15) is 5.15 Å². The van der Waals surface area contributed by atoms with Crippen LogP contribution in [0.1, 0.15) is 17.9 Å². The second-order valence-corrected chi connectivity index (χ2v) is 3.49. The molecule has 1 aliphatic rings. The zero-order valence-electron chi connectivity index (χ0n) is 7.57. The van der Waals surface area contributed by atoms with Crippen molar-refractivity contribution in [1.82, 2.24) is 10.3 Å². The molecule has 1 aliphatic heterocycles. The molecule has 2 nitrogen and oxygen atoms in total. The van der Waals surface area contributed by atoms with Gasteiger partial charge >= 0.3 is 0 Å². The van der Waals surface area contributed by atoms with Crippen LogP contribution in [0.3, 0.4) is 0 Å². The Bertz CT molecular complexity index is 257. The second-order valence-electron chi connectivity index (χ2n) is 3.10. The number of rotatable bonds is 1. The van der Waals surface area contributed by atoms with Crippen LogP contribution in [0.2, 0.25) is 5.15 Å². The van der Waals surface area contributed by atoms with Crippen LogP contribution >= 0.6 is 36.4 Å². The zero-order valence-corrected chi connectivity index (χ0v) is 9.96. The molecule has 1 saturated heterocycles. The molecule has 0 amide bonds. The molecule has 0 aromatic carbocycles. The molecule has 1 aromatic rings. The third-order valence-electron chi connectivity index (χ3n) is 2.28. The molecule has 0 aliphatic carbocycles. The van der Waals surface area contributed by atoms with Crippen LogP contribution < -0.4 is 5.32 Å². The van der Waals surface area contributed by atoms with Gasteiger partial charge in [-0.2, -0.15) is 0 Å². The Labute approximate surface area is 101 Å². The van der Waals surface area contributed by atoms with Crippen LogP contribution in [-0.2, 0) is 0 Å². The topological polar surface area (TPSA) is 24.9 Å². The average molecular weight is 256 g/mol. The van der Waals surface area contributed by atoms with E-state index < -0.39 is 0 Å². The highest BCUT2D eigenvalue weighted by Gasteiger charge is 2.16. The standard InChI is InChI=1S/C9H11ClN2.2ClH/c10-9-2-1-7(6-12-9)8-3-4-11-5-8;;/h1-2,6,8,11H,3-5H2;2*1H. The first-order valence-electron chi connectivity index (χ1n) is 4.18. The summed E-state index contributed by atoms with van der Waals surface area (Å²) in [5.74, 6) is 0.634.